The van der Waals surface area contributed by atoms with Crippen LogP contribution in [0.15, 0.2) is 18.2 Å². The lowest BCUT2D eigenvalue weighted by Gasteiger charge is -2.26. The smallest absolute Gasteiger partial charge is 0.253 e. The van der Waals surface area contributed by atoms with E-state index in [1.807, 2.05) is 0 Å². The molecular weight excluding hydrogens is 256 g/mol. The molecule has 0 atom stereocenters. The molecule has 1 aliphatic rings. The average Bonchev–Trinajstić information content (AvgIpc) is 2.44. The standard InChI is InChI=1S/C14H22N4O2/c15-11-2-3-12(13(16)10-11)14(19)17-4-1-5-18-6-8-20-9-7-18/h2-3,10H,1,4-9,15-16H2,(H,17,19). The van der Waals surface area contributed by atoms with Crippen molar-refractivity contribution >= 4 is 17.3 Å². The summed E-state index contributed by atoms with van der Waals surface area (Å²) in [7, 11) is 0. The van der Waals surface area contributed by atoms with Crippen molar-refractivity contribution < 1.29 is 9.53 Å². The highest BCUT2D eigenvalue weighted by Crippen LogP contribution is 2.15. The molecule has 5 N–H and O–H groups in total. The van der Waals surface area contributed by atoms with Crippen LogP contribution in [0.2, 0.25) is 0 Å². The molecule has 1 saturated heterocycles. The molecule has 0 bridgehead atoms. The molecule has 6 nitrogen and oxygen atoms in total. The van der Waals surface area contributed by atoms with Crippen LogP contribution >= 0.6 is 0 Å². The van der Waals surface area contributed by atoms with Crippen LogP contribution in [0.3, 0.4) is 0 Å². The maximum Gasteiger partial charge on any atom is 0.253 e. The number of carbonyl (C=O) groups excluding carboxylic acids is 1. The van der Waals surface area contributed by atoms with Crippen molar-refractivity contribution in [2.24, 2.45) is 0 Å². The minimum absolute atomic E-state index is 0.149. The molecule has 110 valence electrons. The quantitative estimate of drug-likeness (QED) is 0.532. The first kappa shape index (κ1) is 14.6. The number of amides is 1. The second-order valence-electron chi connectivity index (χ2n) is 4.91. The summed E-state index contributed by atoms with van der Waals surface area (Å²) in [6, 6.07) is 4.93. The van der Waals surface area contributed by atoms with Crippen molar-refractivity contribution in [3.8, 4) is 0 Å². The van der Waals surface area contributed by atoms with Gasteiger partial charge in [0.15, 0.2) is 0 Å². The van der Waals surface area contributed by atoms with E-state index in [4.69, 9.17) is 16.2 Å². The normalized spacial score (nSPS) is 16.0. The fraction of sp³-hybridized carbons (Fsp3) is 0.500. The summed E-state index contributed by atoms with van der Waals surface area (Å²) in [6.45, 7) is 5.15. The highest BCUT2D eigenvalue weighted by molar-refractivity contribution is 5.99. The average molecular weight is 278 g/mol. The van der Waals surface area contributed by atoms with E-state index in [0.29, 0.717) is 23.5 Å². The predicted molar refractivity (Wildman–Crippen MR) is 79.5 cm³/mol. The predicted octanol–water partition coefficient (Wildman–Crippen LogP) is 0.303. The Balaban J connectivity index is 1.72. The van der Waals surface area contributed by atoms with Gasteiger partial charge in [-0.1, -0.05) is 0 Å². The summed E-state index contributed by atoms with van der Waals surface area (Å²) in [5.74, 6) is -0.149. The van der Waals surface area contributed by atoms with Crippen molar-refractivity contribution in [2.45, 2.75) is 6.42 Å². The van der Waals surface area contributed by atoms with Gasteiger partial charge < -0.3 is 21.5 Å². The number of morpholine rings is 1. The topological polar surface area (TPSA) is 93.6 Å². The lowest BCUT2D eigenvalue weighted by atomic mass is 10.1. The Kier molecular flexibility index (Phi) is 5.20. The van der Waals surface area contributed by atoms with E-state index >= 15 is 0 Å². The molecule has 0 radical (unpaired) electrons. The van der Waals surface area contributed by atoms with Crippen molar-refractivity contribution in [1.29, 1.82) is 0 Å². The van der Waals surface area contributed by atoms with E-state index < -0.39 is 0 Å². The zero-order chi connectivity index (χ0) is 14.4. The van der Waals surface area contributed by atoms with Crippen LogP contribution in [-0.2, 0) is 4.74 Å². The summed E-state index contributed by atoms with van der Waals surface area (Å²) in [5, 5.41) is 2.88. The van der Waals surface area contributed by atoms with E-state index in [1.165, 1.54) is 0 Å². The Labute approximate surface area is 119 Å². The van der Waals surface area contributed by atoms with Gasteiger partial charge in [0.25, 0.3) is 5.91 Å². The third-order valence-electron chi connectivity index (χ3n) is 3.36. The van der Waals surface area contributed by atoms with Crippen molar-refractivity contribution in [3.63, 3.8) is 0 Å². The van der Waals surface area contributed by atoms with Crippen LogP contribution in [-0.4, -0.2) is 50.2 Å². The lowest BCUT2D eigenvalue weighted by Crippen LogP contribution is -2.38. The van der Waals surface area contributed by atoms with Gasteiger partial charge in [0.05, 0.1) is 18.8 Å². The summed E-state index contributed by atoms with van der Waals surface area (Å²) in [6.07, 6.45) is 0.917. The fourth-order valence-electron chi connectivity index (χ4n) is 2.21. The number of hydrogen-bond acceptors (Lipinski definition) is 5. The molecule has 20 heavy (non-hydrogen) atoms. The van der Waals surface area contributed by atoms with Gasteiger partial charge in [0.1, 0.15) is 0 Å². The van der Waals surface area contributed by atoms with Gasteiger partial charge in [-0.3, -0.25) is 9.69 Å². The number of carbonyl (C=O) groups is 1. The molecule has 0 spiro atoms. The van der Waals surface area contributed by atoms with Gasteiger partial charge in [-0.05, 0) is 31.2 Å². The summed E-state index contributed by atoms with van der Waals surface area (Å²) in [5.41, 5.74) is 12.8. The van der Waals surface area contributed by atoms with Crippen LogP contribution in [0.1, 0.15) is 16.8 Å². The van der Waals surface area contributed by atoms with E-state index in [2.05, 4.69) is 10.2 Å². The minimum atomic E-state index is -0.149. The Hall–Kier alpha value is -1.79. The number of nitrogens with zero attached hydrogens (tertiary/aromatic N) is 1. The Bertz CT molecular complexity index is 458. The van der Waals surface area contributed by atoms with Crippen molar-refractivity contribution in [2.75, 3.05) is 50.9 Å². The molecule has 1 aromatic rings. The highest BCUT2D eigenvalue weighted by atomic mass is 16.5. The van der Waals surface area contributed by atoms with Crippen LogP contribution < -0.4 is 16.8 Å². The first-order valence-corrected chi connectivity index (χ1v) is 6.90. The van der Waals surface area contributed by atoms with Gasteiger partial charge in [0, 0.05) is 31.0 Å². The molecule has 1 aromatic carbocycles. The number of rotatable bonds is 5. The fourth-order valence-corrected chi connectivity index (χ4v) is 2.21. The van der Waals surface area contributed by atoms with Crippen molar-refractivity contribution in [1.82, 2.24) is 10.2 Å². The molecular formula is C14H22N4O2. The molecule has 0 unspecified atom stereocenters. The van der Waals surface area contributed by atoms with E-state index in [9.17, 15) is 4.79 Å². The zero-order valence-corrected chi connectivity index (χ0v) is 11.6. The highest BCUT2D eigenvalue weighted by Gasteiger charge is 2.11. The molecule has 6 heteroatoms. The summed E-state index contributed by atoms with van der Waals surface area (Å²) < 4.78 is 5.29. The third-order valence-corrected chi connectivity index (χ3v) is 3.36. The summed E-state index contributed by atoms with van der Waals surface area (Å²) >= 11 is 0. The van der Waals surface area contributed by atoms with E-state index in [1.54, 1.807) is 18.2 Å². The third kappa shape index (κ3) is 4.11. The Morgan fingerprint density at radius 3 is 2.75 bits per heavy atom. The maximum absolute atomic E-state index is 12.0. The molecule has 1 amide bonds. The molecule has 0 saturated carbocycles. The molecule has 2 rings (SSSR count). The SMILES string of the molecule is Nc1ccc(C(=O)NCCCN2CCOCC2)c(N)c1. The molecule has 1 aliphatic heterocycles. The van der Waals surface area contributed by atoms with E-state index in [-0.39, 0.29) is 5.91 Å². The number of hydrogen-bond donors (Lipinski definition) is 3. The minimum Gasteiger partial charge on any atom is -0.399 e. The molecule has 0 aromatic heterocycles. The molecule has 0 aliphatic carbocycles. The first-order chi connectivity index (χ1) is 9.66. The number of nitrogens with two attached hydrogens (primary N) is 2. The number of benzene rings is 1. The maximum atomic E-state index is 12.0. The van der Waals surface area contributed by atoms with Crippen LogP contribution in [0.5, 0.6) is 0 Å². The van der Waals surface area contributed by atoms with Gasteiger partial charge in [0.2, 0.25) is 0 Å². The van der Waals surface area contributed by atoms with Gasteiger partial charge in [-0.2, -0.15) is 0 Å². The Morgan fingerprint density at radius 1 is 1.30 bits per heavy atom. The summed E-state index contributed by atoms with van der Waals surface area (Å²) in [4.78, 5) is 14.3. The van der Waals surface area contributed by atoms with Crippen LogP contribution in [0.25, 0.3) is 0 Å². The van der Waals surface area contributed by atoms with Gasteiger partial charge >= 0.3 is 0 Å². The first-order valence-electron chi connectivity index (χ1n) is 6.90. The Morgan fingerprint density at radius 2 is 2.05 bits per heavy atom. The van der Waals surface area contributed by atoms with Crippen LogP contribution in [0.4, 0.5) is 11.4 Å². The molecule has 1 heterocycles. The monoisotopic (exact) mass is 278 g/mol. The lowest BCUT2D eigenvalue weighted by molar-refractivity contribution is 0.0374. The zero-order valence-electron chi connectivity index (χ0n) is 11.6. The van der Waals surface area contributed by atoms with E-state index in [0.717, 1.165) is 39.3 Å². The second kappa shape index (κ2) is 7.12. The molecule has 1 fully saturated rings. The largest absolute Gasteiger partial charge is 0.399 e. The van der Waals surface area contributed by atoms with Crippen LogP contribution in [0, 0.1) is 0 Å². The second-order valence-corrected chi connectivity index (χ2v) is 4.91. The number of nitrogens with one attached hydrogen (secondary N) is 1. The van der Waals surface area contributed by atoms with Gasteiger partial charge in [-0.15, -0.1) is 0 Å². The van der Waals surface area contributed by atoms with Gasteiger partial charge in [-0.25, -0.2) is 0 Å². The number of nitrogen functional groups attached to an aromatic ring is 2. The van der Waals surface area contributed by atoms with Crippen molar-refractivity contribution in [3.05, 3.63) is 23.8 Å². The number of ether oxygens (including phenoxy) is 1. The number of anilines is 2.